The van der Waals surface area contributed by atoms with Crippen molar-refractivity contribution in [2.45, 2.75) is 38.5 Å². The van der Waals surface area contributed by atoms with Crippen LogP contribution in [0.3, 0.4) is 0 Å². The van der Waals surface area contributed by atoms with Gasteiger partial charge in [0.25, 0.3) is 0 Å². The molecule has 0 atom stereocenters. The molecule has 4 heteroatoms. The summed E-state index contributed by atoms with van der Waals surface area (Å²) in [5, 5.41) is 7.41. The van der Waals surface area contributed by atoms with E-state index in [1.54, 1.807) is 0 Å². The Morgan fingerprint density at radius 1 is 0.750 bits per heavy atom. The third-order valence-corrected chi connectivity index (χ3v) is 2.22. The molecular formula is C8H16N4. The van der Waals surface area contributed by atoms with Gasteiger partial charge in [-0.25, -0.2) is 0 Å². The summed E-state index contributed by atoms with van der Waals surface area (Å²) in [4.78, 5) is 0. The summed E-state index contributed by atoms with van der Waals surface area (Å²) in [6.45, 7) is 0. The van der Waals surface area contributed by atoms with Crippen molar-refractivity contribution in [3.63, 3.8) is 0 Å². The molecule has 0 saturated heterocycles. The third kappa shape index (κ3) is 2.22. The second kappa shape index (κ2) is 4.74. The number of hydrogen-bond donors (Lipinski definition) is 2. The normalized spacial score (nSPS) is 27.0. The average Bonchev–Trinajstić information content (AvgIpc) is 2.05. The highest BCUT2D eigenvalue weighted by Crippen LogP contribution is 2.13. The van der Waals surface area contributed by atoms with Crippen molar-refractivity contribution in [1.29, 1.82) is 0 Å². The van der Waals surface area contributed by atoms with Gasteiger partial charge in [-0.3, -0.25) is 0 Å². The topological polar surface area (TPSA) is 76.8 Å². The summed E-state index contributed by atoms with van der Waals surface area (Å²) in [5.74, 6) is 10.5. The molecule has 0 bridgehead atoms. The summed E-state index contributed by atoms with van der Waals surface area (Å²) < 4.78 is 0. The molecule has 0 amide bonds. The lowest BCUT2D eigenvalue weighted by Gasteiger charge is -2.11. The van der Waals surface area contributed by atoms with Crippen LogP contribution in [0.2, 0.25) is 0 Å². The Hall–Kier alpha value is -1.06. The summed E-state index contributed by atoms with van der Waals surface area (Å²) >= 11 is 0. The number of rotatable bonds is 0. The summed E-state index contributed by atoms with van der Waals surface area (Å²) in [6.07, 6.45) is 6.66. The second-order valence-corrected chi connectivity index (χ2v) is 3.07. The van der Waals surface area contributed by atoms with Crippen LogP contribution in [0.5, 0.6) is 0 Å². The highest BCUT2D eigenvalue weighted by atomic mass is 15.2. The van der Waals surface area contributed by atoms with Gasteiger partial charge in [-0.15, -0.1) is 0 Å². The second-order valence-electron chi connectivity index (χ2n) is 3.07. The minimum atomic E-state index is 0.886. The summed E-state index contributed by atoms with van der Waals surface area (Å²) in [5.41, 5.74) is 1.77. The van der Waals surface area contributed by atoms with Gasteiger partial charge in [0.05, 0.1) is 11.4 Å². The van der Waals surface area contributed by atoms with Crippen LogP contribution >= 0.6 is 0 Å². The van der Waals surface area contributed by atoms with Crippen LogP contribution in [-0.4, -0.2) is 11.4 Å². The molecule has 68 valence electrons. The molecule has 12 heavy (non-hydrogen) atoms. The molecule has 0 radical (unpaired) electrons. The van der Waals surface area contributed by atoms with E-state index in [1.807, 2.05) is 0 Å². The molecule has 4 N–H and O–H groups in total. The largest absolute Gasteiger partial charge is 0.323 e. The first kappa shape index (κ1) is 9.03. The SMILES string of the molecule is NN=C1CCCCCCC1=NN. The molecule has 4 nitrogen and oxygen atoms in total. The van der Waals surface area contributed by atoms with Crippen molar-refractivity contribution in [1.82, 2.24) is 0 Å². The Labute approximate surface area is 72.7 Å². The zero-order valence-corrected chi connectivity index (χ0v) is 7.29. The summed E-state index contributed by atoms with van der Waals surface area (Å²) in [6, 6.07) is 0. The Morgan fingerprint density at radius 2 is 1.17 bits per heavy atom. The Balaban J connectivity index is 2.65. The maximum atomic E-state index is 5.24. The molecule has 0 heterocycles. The molecule has 1 aliphatic carbocycles. The fourth-order valence-electron chi connectivity index (χ4n) is 1.51. The van der Waals surface area contributed by atoms with Gasteiger partial charge in [0, 0.05) is 0 Å². The van der Waals surface area contributed by atoms with Crippen LogP contribution < -0.4 is 11.7 Å². The van der Waals surface area contributed by atoms with Crippen LogP contribution in [0.25, 0.3) is 0 Å². The Bertz CT molecular complexity index is 173. The lowest BCUT2D eigenvalue weighted by Crippen LogP contribution is -2.19. The predicted octanol–water partition coefficient (Wildman–Crippen LogP) is 0.970. The quantitative estimate of drug-likeness (QED) is 0.417. The van der Waals surface area contributed by atoms with E-state index < -0.39 is 0 Å². The van der Waals surface area contributed by atoms with E-state index in [-0.39, 0.29) is 0 Å². The van der Waals surface area contributed by atoms with Crippen molar-refractivity contribution in [3.8, 4) is 0 Å². The van der Waals surface area contributed by atoms with Gasteiger partial charge in [0.15, 0.2) is 0 Å². The maximum absolute atomic E-state index is 5.24. The molecule has 0 spiro atoms. The standard InChI is InChI=1S/C8H16N4/c9-11-7-5-3-1-2-4-6-8(7)12-10/h1-6,9-10H2. The van der Waals surface area contributed by atoms with Gasteiger partial charge < -0.3 is 11.7 Å². The van der Waals surface area contributed by atoms with Gasteiger partial charge in [0.2, 0.25) is 0 Å². The first-order valence-corrected chi connectivity index (χ1v) is 4.42. The maximum Gasteiger partial charge on any atom is 0.0832 e. The lowest BCUT2D eigenvalue weighted by atomic mass is 9.98. The molecule has 0 aromatic rings. The average molecular weight is 168 g/mol. The molecule has 1 rings (SSSR count). The molecule has 0 aromatic heterocycles. The number of nitrogens with zero attached hydrogens (tertiary/aromatic N) is 2. The van der Waals surface area contributed by atoms with Crippen LogP contribution in [0.15, 0.2) is 10.2 Å². The van der Waals surface area contributed by atoms with E-state index in [2.05, 4.69) is 10.2 Å². The predicted molar refractivity (Wildman–Crippen MR) is 50.9 cm³/mol. The number of hydrogen-bond acceptors (Lipinski definition) is 4. The number of hydrazone groups is 2. The van der Waals surface area contributed by atoms with Gasteiger partial charge >= 0.3 is 0 Å². The number of nitrogens with two attached hydrogens (primary N) is 2. The highest BCUT2D eigenvalue weighted by Gasteiger charge is 2.11. The summed E-state index contributed by atoms with van der Waals surface area (Å²) in [7, 11) is 0. The first-order valence-electron chi connectivity index (χ1n) is 4.42. The van der Waals surface area contributed by atoms with Gasteiger partial charge in [0.1, 0.15) is 0 Å². The van der Waals surface area contributed by atoms with E-state index in [1.165, 1.54) is 12.8 Å². The van der Waals surface area contributed by atoms with Crippen LogP contribution in [0.4, 0.5) is 0 Å². The molecule has 1 fully saturated rings. The van der Waals surface area contributed by atoms with Crippen molar-refractivity contribution in [3.05, 3.63) is 0 Å². The zero-order chi connectivity index (χ0) is 8.81. The van der Waals surface area contributed by atoms with E-state index in [9.17, 15) is 0 Å². The van der Waals surface area contributed by atoms with E-state index in [4.69, 9.17) is 11.7 Å². The van der Waals surface area contributed by atoms with Gasteiger partial charge in [-0.2, -0.15) is 10.2 Å². The first-order chi connectivity index (χ1) is 5.88. The fraction of sp³-hybridized carbons (Fsp3) is 0.750. The van der Waals surface area contributed by atoms with Gasteiger partial charge in [-0.1, -0.05) is 12.8 Å². The van der Waals surface area contributed by atoms with Gasteiger partial charge in [-0.05, 0) is 25.7 Å². The van der Waals surface area contributed by atoms with Crippen molar-refractivity contribution in [2.75, 3.05) is 0 Å². The van der Waals surface area contributed by atoms with E-state index in [0.29, 0.717) is 0 Å². The Morgan fingerprint density at radius 3 is 1.50 bits per heavy atom. The Kier molecular flexibility index (Phi) is 3.57. The highest BCUT2D eigenvalue weighted by molar-refractivity contribution is 6.42. The molecular weight excluding hydrogens is 152 g/mol. The molecule has 0 aliphatic heterocycles. The third-order valence-electron chi connectivity index (χ3n) is 2.22. The van der Waals surface area contributed by atoms with E-state index >= 15 is 0 Å². The van der Waals surface area contributed by atoms with E-state index in [0.717, 1.165) is 37.1 Å². The zero-order valence-electron chi connectivity index (χ0n) is 7.29. The van der Waals surface area contributed by atoms with Crippen LogP contribution in [0, 0.1) is 0 Å². The van der Waals surface area contributed by atoms with Crippen molar-refractivity contribution in [2.24, 2.45) is 21.9 Å². The monoisotopic (exact) mass is 168 g/mol. The smallest absolute Gasteiger partial charge is 0.0832 e. The van der Waals surface area contributed by atoms with Crippen LogP contribution in [-0.2, 0) is 0 Å². The molecule has 1 aliphatic rings. The molecule has 1 saturated carbocycles. The molecule has 0 aromatic carbocycles. The minimum Gasteiger partial charge on any atom is -0.323 e. The van der Waals surface area contributed by atoms with Crippen LogP contribution in [0.1, 0.15) is 38.5 Å². The molecule has 0 unspecified atom stereocenters. The van der Waals surface area contributed by atoms with Crippen molar-refractivity contribution >= 4 is 11.4 Å². The fourth-order valence-corrected chi connectivity index (χ4v) is 1.51. The minimum absolute atomic E-state index is 0.886. The van der Waals surface area contributed by atoms with Crippen molar-refractivity contribution < 1.29 is 0 Å². The lowest BCUT2D eigenvalue weighted by molar-refractivity contribution is 0.657.